The van der Waals surface area contributed by atoms with Gasteiger partial charge in [-0.15, -0.1) is 11.3 Å². The van der Waals surface area contributed by atoms with Gasteiger partial charge in [-0.05, 0) is 51.0 Å². The normalized spacial score (nSPS) is 12.7. The van der Waals surface area contributed by atoms with Gasteiger partial charge in [0, 0.05) is 0 Å². The molecule has 1 heterocycles. The number of nitrogens with one attached hydrogen (secondary N) is 1. The second-order valence-electron chi connectivity index (χ2n) is 3.64. The van der Waals surface area contributed by atoms with Crippen molar-refractivity contribution in [3.63, 3.8) is 0 Å². The number of thiophene rings is 1. The molecule has 16 heavy (non-hydrogen) atoms. The maximum absolute atomic E-state index is 5.65. The van der Waals surface area contributed by atoms with Crippen LogP contribution in [0.5, 0.6) is 0 Å². The number of hydrazine groups is 1. The Bertz CT molecular complexity index is 481. The van der Waals surface area contributed by atoms with E-state index in [4.69, 9.17) is 5.84 Å². The number of aryl methyl sites for hydroxylation is 1. The molecule has 0 aliphatic carbocycles. The van der Waals surface area contributed by atoms with Crippen LogP contribution in [-0.4, -0.2) is 0 Å². The Morgan fingerprint density at radius 3 is 2.69 bits per heavy atom. The van der Waals surface area contributed by atoms with Crippen LogP contribution in [0, 0.1) is 6.92 Å². The molecule has 0 spiro atoms. The van der Waals surface area contributed by atoms with Crippen LogP contribution >= 0.6 is 27.3 Å². The Labute approximate surface area is 108 Å². The van der Waals surface area contributed by atoms with Crippen molar-refractivity contribution in [3.8, 4) is 0 Å². The molecule has 84 valence electrons. The summed E-state index contributed by atoms with van der Waals surface area (Å²) < 4.78 is 1.12. The summed E-state index contributed by atoms with van der Waals surface area (Å²) in [6.45, 7) is 2.10. The van der Waals surface area contributed by atoms with E-state index < -0.39 is 0 Å². The molecule has 0 fully saturated rings. The van der Waals surface area contributed by atoms with Crippen molar-refractivity contribution in [1.82, 2.24) is 5.43 Å². The van der Waals surface area contributed by atoms with Crippen LogP contribution in [0.2, 0.25) is 0 Å². The Morgan fingerprint density at radius 1 is 1.38 bits per heavy atom. The summed E-state index contributed by atoms with van der Waals surface area (Å²) in [6, 6.07) is 10.4. The number of benzene rings is 1. The first-order valence-electron chi connectivity index (χ1n) is 4.98. The Morgan fingerprint density at radius 2 is 2.12 bits per heavy atom. The Hall–Kier alpha value is -0.680. The average Bonchev–Trinajstić information content (AvgIpc) is 2.69. The van der Waals surface area contributed by atoms with E-state index in [1.807, 2.05) is 12.1 Å². The minimum atomic E-state index is 0.0590. The number of halogens is 1. The predicted octanol–water partition coefficient (Wildman–Crippen LogP) is 3.37. The third-order valence-corrected chi connectivity index (χ3v) is 4.11. The quantitative estimate of drug-likeness (QED) is 0.673. The van der Waals surface area contributed by atoms with Crippen molar-refractivity contribution in [2.45, 2.75) is 13.0 Å². The van der Waals surface area contributed by atoms with Crippen molar-refractivity contribution < 1.29 is 0 Å². The molecule has 0 aliphatic heterocycles. The van der Waals surface area contributed by atoms with E-state index in [1.165, 1.54) is 16.7 Å². The molecule has 1 aromatic heterocycles. The van der Waals surface area contributed by atoms with E-state index in [9.17, 15) is 0 Å². The third-order valence-electron chi connectivity index (χ3n) is 2.59. The lowest BCUT2D eigenvalue weighted by atomic mass is 9.98. The van der Waals surface area contributed by atoms with Gasteiger partial charge >= 0.3 is 0 Å². The topological polar surface area (TPSA) is 38.0 Å². The second kappa shape index (κ2) is 5.10. The second-order valence-corrected chi connectivity index (χ2v) is 5.93. The lowest BCUT2D eigenvalue weighted by Gasteiger charge is -2.17. The number of nitrogens with two attached hydrogens (primary N) is 1. The van der Waals surface area contributed by atoms with Crippen LogP contribution in [0.1, 0.15) is 22.7 Å². The van der Waals surface area contributed by atoms with E-state index in [-0.39, 0.29) is 6.04 Å². The van der Waals surface area contributed by atoms with Crippen LogP contribution in [0.15, 0.2) is 39.5 Å². The fourth-order valence-electron chi connectivity index (χ4n) is 1.75. The molecule has 2 rings (SSSR count). The molecule has 0 saturated heterocycles. The maximum atomic E-state index is 5.65. The molecular weight excluding hydrogens is 284 g/mol. The fourth-order valence-corrected chi connectivity index (χ4v) is 2.95. The number of hydrogen-bond acceptors (Lipinski definition) is 3. The van der Waals surface area contributed by atoms with Crippen molar-refractivity contribution in [2.75, 3.05) is 0 Å². The van der Waals surface area contributed by atoms with Gasteiger partial charge in [-0.1, -0.05) is 24.3 Å². The largest absolute Gasteiger partial charge is 0.271 e. The van der Waals surface area contributed by atoms with Crippen molar-refractivity contribution >= 4 is 27.3 Å². The molecule has 0 aliphatic rings. The maximum Gasteiger partial charge on any atom is 0.0721 e. The highest BCUT2D eigenvalue weighted by atomic mass is 79.9. The Balaban J connectivity index is 2.40. The molecule has 0 amide bonds. The van der Waals surface area contributed by atoms with Gasteiger partial charge in [0.25, 0.3) is 0 Å². The summed E-state index contributed by atoms with van der Waals surface area (Å²) in [7, 11) is 0. The Kier molecular flexibility index (Phi) is 3.76. The summed E-state index contributed by atoms with van der Waals surface area (Å²) >= 11 is 5.14. The predicted molar refractivity (Wildman–Crippen MR) is 72.4 cm³/mol. The van der Waals surface area contributed by atoms with Gasteiger partial charge in [-0.3, -0.25) is 5.84 Å². The zero-order valence-electron chi connectivity index (χ0n) is 8.91. The first-order valence-corrected chi connectivity index (χ1v) is 6.65. The molecule has 1 atom stereocenters. The van der Waals surface area contributed by atoms with Crippen LogP contribution < -0.4 is 11.3 Å². The van der Waals surface area contributed by atoms with Crippen LogP contribution in [0.3, 0.4) is 0 Å². The monoisotopic (exact) mass is 296 g/mol. The first kappa shape index (κ1) is 11.8. The molecule has 0 saturated carbocycles. The summed E-state index contributed by atoms with van der Waals surface area (Å²) in [5.74, 6) is 5.65. The van der Waals surface area contributed by atoms with Crippen molar-refractivity contribution in [1.29, 1.82) is 0 Å². The highest BCUT2D eigenvalue weighted by Gasteiger charge is 2.15. The zero-order valence-corrected chi connectivity index (χ0v) is 11.3. The van der Waals surface area contributed by atoms with Gasteiger partial charge in [0.15, 0.2) is 0 Å². The minimum Gasteiger partial charge on any atom is -0.271 e. The van der Waals surface area contributed by atoms with E-state index in [0.29, 0.717) is 0 Å². The molecular formula is C12H13BrN2S. The van der Waals surface area contributed by atoms with Crippen molar-refractivity contribution in [2.24, 2.45) is 5.84 Å². The number of hydrogen-bond donors (Lipinski definition) is 2. The van der Waals surface area contributed by atoms with Gasteiger partial charge in [-0.2, -0.15) is 0 Å². The molecule has 4 heteroatoms. The van der Waals surface area contributed by atoms with Gasteiger partial charge < -0.3 is 0 Å². The van der Waals surface area contributed by atoms with Crippen LogP contribution in [0.4, 0.5) is 0 Å². The average molecular weight is 297 g/mol. The summed E-state index contributed by atoms with van der Waals surface area (Å²) in [6.07, 6.45) is 0. The van der Waals surface area contributed by atoms with Gasteiger partial charge in [0.05, 0.1) is 9.83 Å². The fraction of sp³-hybridized carbons (Fsp3) is 0.167. The van der Waals surface area contributed by atoms with E-state index in [0.717, 1.165) is 3.79 Å². The highest BCUT2D eigenvalue weighted by molar-refractivity contribution is 9.11. The number of rotatable bonds is 3. The van der Waals surface area contributed by atoms with Gasteiger partial charge in [0.2, 0.25) is 0 Å². The summed E-state index contributed by atoms with van der Waals surface area (Å²) in [4.78, 5) is 0. The summed E-state index contributed by atoms with van der Waals surface area (Å²) in [5, 5.41) is 2.11. The molecule has 1 unspecified atom stereocenters. The van der Waals surface area contributed by atoms with Gasteiger partial charge in [0.1, 0.15) is 0 Å². The lowest BCUT2D eigenvalue weighted by Crippen LogP contribution is -2.29. The minimum absolute atomic E-state index is 0.0590. The van der Waals surface area contributed by atoms with Crippen LogP contribution in [-0.2, 0) is 0 Å². The first-order chi connectivity index (χ1) is 7.72. The highest BCUT2D eigenvalue weighted by Crippen LogP contribution is 2.30. The molecule has 1 aromatic carbocycles. The van der Waals surface area contributed by atoms with Crippen molar-refractivity contribution in [3.05, 3.63) is 56.2 Å². The van der Waals surface area contributed by atoms with Gasteiger partial charge in [-0.25, -0.2) is 5.43 Å². The standard InChI is InChI=1S/C12H13BrN2S/c1-8-4-2-3-5-10(8)12(15-14)9-6-11(13)16-7-9/h2-7,12,15H,14H2,1H3. The van der Waals surface area contributed by atoms with E-state index in [2.05, 4.69) is 51.9 Å². The molecule has 2 aromatic rings. The molecule has 3 N–H and O–H groups in total. The smallest absolute Gasteiger partial charge is 0.0721 e. The zero-order chi connectivity index (χ0) is 11.5. The van der Waals surface area contributed by atoms with E-state index in [1.54, 1.807) is 11.3 Å². The third kappa shape index (κ3) is 2.35. The lowest BCUT2D eigenvalue weighted by molar-refractivity contribution is 0.635. The SMILES string of the molecule is Cc1ccccc1C(NN)c1csc(Br)c1. The summed E-state index contributed by atoms with van der Waals surface area (Å²) in [5.41, 5.74) is 6.52. The van der Waals surface area contributed by atoms with Crippen LogP contribution in [0.25, 0.3) is 0 Å². The van der Waals surface area contributed by atoms with E-state index >= 15 is 0 Å². The molecule has 0 radical (unpaired) electrons. The molecule has 2 nitrogen and oxygen atoms in total. The molecule has 0 bridgehead atoms.